The van der Waals surface area contributed by atoms with Crippen molar-refractivity contribution in [1.82, 2.24) is 0 Å². The zero-order valence-electron chi connectivity index (χ0n) is 27.7. The molecule has 0 amide bonds. The molecule has 46 heavy (non-hydrogen) atoms. The first-order valence-electron chi connectivity index (χ1n) is 17.4. The van der Waals surface area contributed by atoms with Gasteiger partial charge < -0.3 is 19.3 Å². The Labute approximate surface area is 272 Å². The second-order valence-corrected chi connectivity index (χ2v) is 14.7. The number of aliphatic carboxylic acids is 1. The Morgan fingerprint density at radius 3 is 1.80 bits per heavy atom. The van der Waals surface area contributed by atoms with Crippen molar-refractivity contribution < 1.29 is 58.7 Å². The predicted molar refractivity (Wildman–Crippen MR) is 164 cm³/mol. The van der Waals surface area contributed by atoms with E-state index < -0.39 is 29.9 Å². The van der Waals surface area contributed by atoms with Crippen LogP contribution in [0.5, 0.6) is 0 Å². The van der Waals surface area contributed by atoms with Crippen LogP contribution in [0, 0.1) is 29.1 Å². The molecule has 0 aromatic carbocycles. The molecule has 5 unspecified atom stereocenters. The third-order valence-corrected chi connectivity index (χ3v) is 10.4. The highest BCUT2D eigenvalue weighted by atomic mass is 17.3. The minimum absolute atomic E-state index is 0.0846. The maximum atomic E-state index is 12.9. The molecule has 5 atom stereocenters. The smallest absolute Gasteiger partial charge is 0.310 e. The summed E-state index contributed by atoms with van der Waals surface area (Å²) in [6, 6.07) is 0. The standard InChI is InChI=1S/C33H57NO12/c1-33(2,21-40-25-9-13-27(14-10-25)44-42-19-23-6-4-3-5-22(23)18-41-38)20-39-24-7-11-26(12-8-24)43-32(37)29-16-15-28(45-46-34)17-30(29)31(35)36/h22-30,38H,3-21,34H2,1-2H3,(H,35,36). The summed E-state index contributed by atoms with van der Waals surface area (Å²) in [5, 5.41) is 18.5. The van der Waals surface area contributed by atoms with E-state index in [0.717, 1.165) is 51.4 Å². The van der Waals surface area contributed by atoms with E-state index in [0.29, 0.717) is 63.9 Å². The molecule has 0 aliphatic heterocycles. The average molecular weight is 660 g/mol. The first kappa shape index (κ1) is 37.4. The Morgan fingerprint density at radius 2 is 1.24 bits per heavy atom. The molecular weight excluding hydrogens is 602 g/mol. The van der Waals surface area contributed by atoms with Crippen molar-refractivity contribution in [2.45, 2.75) is 141 Å². The molecule has 4 aliphatic rings. The van der Waals surface area contributed by atoms with E-state index in [1.54, 1.807) is 0 Å². The molecule has 0 saturated heterocycles. The molecule has 0 bridgehead atoms. The summed E-state index contributed by atoms with van der Waals surface area (Å²) in [5.41, 5.74) is -0.141. The van der Waals surface area contributed by atoms with Crippen LogP contribution in [0.3, 0.4) is 0 Å². The van der Waals surface area contributed by atoms with Gasteiger partial charge in [-0.2, -0.15) is 5.90 Å². The van der Waals surface area contributed by atoms with Crippen molar-refractivity contribution in [1.29, 1.82) is 0 Å². The Kier molecular flexibility index (Phi) is 15.4. The third kappa shape index (κ3) is 11.9. The lowest BCUT2D eigenvalue weighted by Gasteiger charge is -2.35. The maximum absolute atomic E-state index is 12.9. The number of hydrogen-bond donors (Lipinski definition) is 3. The summed E-state index contributed by atoms with van der Waals surface area (Å²) in [6.07, 6.45) is 11.8. The zero-order chi connectivity index (χ0) is 32.9. The molecule has 0 spiro atoms. The predicted octanol–water partition coefficient (Wildman–Crippen LogP) is 5.15. The molecular formula is C33H57NO12. The first-order valence-corrected chi connectivity index (χ1v) is 17.4. The molecule has 266 valence electrons. The van der Waals surface area contributed by atoms with E-state index in [1.165, 1.54) is 12.8 Å². The van der Waals surface area contributed by atoms with Gasteiger partial charge in [-0.3, -0.25) is 14.8 Å². The highest BCUT2D eigenvalue weighted by molar-refractivity contribution is 5.81. The number of carbonyl (C=O) groups excluding carboxylic acids is 1. The van der Waals surface area contributed by atoms with Crippen molar-refractivity contribution in [2.24, 2.45) is 35.0 Å². The van der Waals surface area contributed by atoms with Gasteiger partial charge in [0.25, 0.3) is 0 Å². The summed E-state index contributed by atoms with van der Waals surface area (Å²) < 4.78 is 18.4. The minimum atomic E-state index is -1.04. The van der Waals surface area contributed by atoms with Crippen molar-refractivity contribution in [3.63, 3.8) is 0 Å². The minimum Gasteiger partial charge on any atom is -0.481 e. The Morgan fingerprint density at radius 1 is 0.696 bits per heavy atom. The van der Waals surface area contributed by atoms with E-state index >= 15 is 0 Å². The van der Waals surface area contributed by atoms with E-state index in [-0.39, 0.29) is 36.3 Å². The number of carbonyl (C=O) groups is 2. The van der Waals surface area contributed by atoms with Crippen LogP contribution in [0.4, 0.5) is 0 Å². The fourth-order valence-corrected chi connectivity index (χ4v) is 7.49. The molecule has 4 rings (SSSR count). The second kappa shape index (κ2) is 18.9. The van der Waals surface area contributed by atoms with Crippen LogP contribution in [0.25, 0.3) is 0 Å². The van der Waals surface area contributed by atoms with Crippen molar-refractivity contribution in [2.75, 3.05) is 26.4 Å². The summed E-state index contributed by atoms with van der Waals surface area (Å²) in [4.78, 5) is 49.6. The zero-order valence-corrected chi connectivity index (χ0v) is 27.7. The lowest BCUT2D eigenvalue weighted by atomic mass is 9.78. The van der Waals surface area contributed by atoms with Gasteiger partial charge >= 0.3 is 11.9 Å². The van der Waals surface area contributed by atoms with Crippen LogP contribution in [0.15, 0.2) is 0 Å². The van der Waals surface area contributed by atoms with E-state index in [9.17, 15) is 14.7 Å². The highest BCUT2D eigenvalue weighted by Gasteiger charge is 2.42. The summed E-state index contributed by atoms with van der Waals surface area (Å²) in [5.74, 6) is 2.56. The van der Waals surface area contributed by atoms with Crippen LogP contribution in [0.2, 0.25) is 0 Å². The van der Waals surface area contributed by atoms with Crippen molar-refractivity contribution in [3.8, 4) is 0 Å². The number of carboxylic acids is 1. The van der Waals surface area contributed by atoms with Crippen LogP contribution < -0.4 is 5.90 Å². The lowest BCUT2D eigenvalue weighted by Crippen LogP contribution is -2.41. The first-order chi connectivity index (χ1) is 22.2. The van der Waals surface area contributed by atoms with E-state index in [2.05, 4.69) is 23.7 Å². The van der Waals surface area contributed by atoms with Crippen molar-refractivity contribution in [3.05, 3.63) is 0 Å². The Hall–Kier alpha value is -1.42. The fourth-order valence-electron chi connectivity index (χ4n) is 7.49. The van der Waals surface area contributed by atoms with E-state index in [4.69, 9.17) is 40.0 Å². The van der Waals surface area contributed by atoms with Crippen molar-refractivity contribution >= 4 is 11.9 Å². The Balaban J connectivity index is 1.06. The second-order valence-electron chi connectivity index (χ2n) is 14.7. The van der Waals surface area contributed by atoms with Gasteiger partial charge in [-0.15, -0.1) is 4.99 Å². The van der Waals surface area contributed by atoms with Crippen LogP contribution in [-0.4, -0.2) is 79.2 Å². The van der Waals surface area contributed by atoms with Crippen LogP contribution in [0.1, 0.15) is 110 Å². The summed E-state index contributed by atoms with van der Waals surface area (Å²) >= 11 is 0. The molecule has 4 saturated carbocycles. The molecule has 0 heterocycles. The monoisotopic (exact) mass is 659 g/mol. The molecule has 13 nitrogen and oxygen atoms in total. The van der Waals surface area contributed by atoms with Gasteiger partial charge in [0, 0.05) is 5.41 Å². The average Bonchev–Trinajstić information content (AvgIpc) is 3.05. The third-order valence-electron chi connectivity index (χ3n) is 10.4. The van der Waals surface area contributed by atoms with Gasteiger partial charge in [-0.25, -0.2) is 19.6 Å². The van der Waals surface area contributed by atoms with Gasteiger partial charge in [0.05, 0.1) is 62.7 Å². The molecule has 4 N–H and O–H groups in total. The molecule has 0 radical (unpaired) electrons. The molecule has 4 fully saturated rings. The maximum Gasteiger partial charge on any atom is 0.310 e. The lowest BCUT2D eigenvalue weighted by molar-refractivity contribution is -0.340. The number of carboxylic acid groups (broad SMARTS) is 1. The SMILES string of the molecule is CC(C)(COC1CCC(OOCC2CCCCC2COO)CC1)COC1CCC(OC(=O)C2CCC(OON)CC2C(=O)O)CC1. The van der Waals surface area contributed by atoms with Gasteiger partial charge in [0.2, 0.25) is 0 Å². The fraction of sp³-hybridized carbons (Fsp3) is 0.939. The molecule has 13 heteroatoms. The number of nitrogens with two attached hydrogens (primary N) is 1. The number of ether oxygens (including phenoxy) is 3. The molecule has 4 aliphatic carbocycles. The van der Waals surface area contributed by atoms with Crippen LogP contribution in [-0.2, 0) is 48.3 Å². The molecule has 0 aromatic rings. The normalized spacial score (nSPS) is 34.2. The van der Waals surface area contributed by atoms with Gasteiger partial charge in [0.1, 0.15) is 6.10 Å². The number of esters is 1. The number of rotatable bonds is 17. The highest BCUT2D eigenvalue weighted by Crippen LogP contribution is 2.35. The quantitative estimate of drug-likeness (QED) is 0.106. The van der Waals surface area contributed by atoms with Crippen LogP contribution >= 0.6 is 0 Å². The Bertz CT molecular complexity index is 903. The van der Waals surface area contributed by atoms with Gasteiger partial charge in [-0.05, 0) is 95.3 Å². The van der Waals surface area contributed by atoms with E-state index in [1.807, 2.05) is 0 Å². The topological polar surface area (TPSA) is 174 Å². The number of hydrogen-bond acceptors (Lipinski definition) is 12. The largest absolute Gasteiger partial charge is 0.481 e. The molecule has 0 aromatic heterocycles. The van der Waals surface area contributed by atoms with Gasteiger partial charge in [-0.1, -0.05) is 26.7 Å². The summed E-state index contributed by atoms with van der Waals surface area (Å²) in [7, 11) is 0. The summed E-state index contributed by atoms with van der Waals surface area (Å²) in [6.45, 7) is 6.40. The van der Waals surface area contributed by atoms with Gasteiger partial charge in [0.15, 0.2) is 0 Å².